The molecule has 1 amide bonds. The number of hydrogen-bond donors (Lipinski definition) is 1. The lowest BCUT2D eigenvalue weighted by atomic mass is 9.90. The quantitative estimate of drug-likeness (QED) is 0.510. The van der Waals surface area contributed by atoms with Gasteiger partial charge >= 0.3 is 12.3 Å². The third kappa shape index (κ3) is 2.92. The average molecular weight is 328 g/mol. The van der Waals surface area contributed by atoms with Crippen LogP contribution < -0.4 is 5.32 Å². The molecule has 23 heavy (non-hydrogen) atoms. The van der Waals surface area contributed by atoms with E-state index in [-0.39, 0.29) is 12.1 Å². The Morgan fingerprint density at radius 2 is 2.13 bits per heavy atom. The van der Waals surface area contributed by atoms with E-state index < -0.39 is 34.0 Å². The second kappa shape index (κ2) is 5.79. The fourth-order valence-electron chi connectivity index (χ4n) is 2.06. The van der Waals surface area contributed by atoms with Gasteiger partial charge < -0.3 is 4.74 Å². The number of nitro benzene ring substituents is 1. The van der Waals surface area contributed by atoms with E-state index >= 15 is 0 Å². The van der Waals surface area contributed by atoms with E-state index in [4.69, 9.17) is 0 Å². The number of carbonyl (C=O) groups is 1. The molecule has 0 saturated heterocycles. The molecule has 1 N–H and O–H groups in total. The largest absolute Gasteiger partial charge is 0.445 e. The number of hydrogen-bond acceptors (Lipinski definition) is 4. The van der Waals surface area contributed by atoms with Crippen LogP contribution in [0.4, 0.5) is 29.3 Å². The molecule has 1 aliphatic rings. The van der Waals surface area contributed by atoms with Crippen LogP contribution in [-0.2, 0) is 10.3 Å². The number of anilines is 1. The molecule has 0 radical (unpaired) electrons. The normalized spacial score (nSPS) is 19.7. The molecular weight excluding hydrogens is 317 g/mol. The summed E-state index contributed by atoms with van der Waals surface area (Å²) in [5, 5.41) is 12.9. The number of nitro groups is 1. The standard InChI is InChI=1S/C14H11F3N2O4/c1-2-3-4-7-13(14(15,16)17)10-8-9(19(21)22)5-6-11(10)18-12(20)23-13/h5-6,8H,2-3H2,1H3,(H,18,20). The number of unbranched alkanes of at least 4 members (excludes halogenated alkanes) is 1. The fourth-order valence-corrected chi connectivity index (χ4v) is 2.06. The highest BCUT2D eigenvalue weighted by atomic mass is 19.4. The van der Waals surface area contributed by atoms with Gasteiger partial charge in [-0.3, -0.25) is 15.4 Å². The second-order valence-electron chi connectivity index (χ2n) is 4.73. The number of alkyl halides is 3. The summed E-state index contributed by atoms with van der Waals surface area (Å²) < 4.78 is 45.4. The molecule has 1 aromatic rings. The number of cyclic esters (lactones) is 1. The van der Waals surface area contributed by atoms with Crippen molar-refractivity contribution in [1.82, 2.24) is 0 Å². The number of rotatable bonds is 2. The first kappa shape index (κ1) is 16.6. The van der Waals surface area contributed by atoms with Crippen molar-refractivity contribution in [2.24, 2.45) is 0 Å². The van der Waals surface area contributed by atoms with Crippen molar-refractivity contribution in [3.8, 4) is 11.8 Å². The summed E-state index contributed by atoms with van der Waals surface area (Å²) in [7, 11) is 0. The molecule has 1 atom stereocenters. The first-order valence-electron chi connectivity index (χ1n) is 6.57. The summed E-state index contributed by atoms with van der Waals surface area (Å²) in [5.41, 5.74) is -4.63. The van der Waals surface area contributed by atoms with E-state index in [1.165, 1.54) is 0 Å². The predicted molar refractivity (Wildman–Crippen MR) is 73.6 cm³/mol. The molecule has 0 spiro atoms. The van der Waals surface area contributed by atoms with Crippen LogP contribution in [0.5, 0.6) is 0 Å². The summed E-state index contributed by atoms with van der Waals surface area (Å²) >= 11 is 0. The first-order valence-corrected chi connectivity index (χ1v) is 6.57. The molecule has 0 saturated carbocycles. The number of ether oxygens (including phenoxy) is 1. The summed E-state index contributed by atoms with van der Waals surface area (Å²) in [5.74, 6) is 4.27. The number of nitrogens with one attached hydrogen (secondary N) is 1. The van der Waals surface area contributed by atoms with Crippen LogP contribution in [0.25, 0.3) is 0 Å². The molecule has 9 heteroatoms. The van der Waals surface area contributed by atoms with Crippen LogP contribution in [0.1, 0.15) is 25.3 Å². The summed E-state index contributed by atoms with van der Waals surface area (Å²) in [6.07, 6.45) is -5.72. The Kier molecular flexibility index (Phi) is 4.18. The van der Waals surface area contributed by atoms with E-state index in [0.717, 1.165) is 12.1 Å². The molecule has 1 aromatic carbocycles. The Hall–Kier alpha value is -2.76. The third-order valence-corrected chi connectivity index (χ3v) is 3.11. The number of non-ortho nitro benzene ring substituents is 1. The highest BCUT2D eigenvalue weighted by molar-refractivity contribution is 5.90. The van der Waals surface area contributed by atoms with Gasteiger partial charge in [-0.1, -0.05) is 12.8 Å². The lowest BCUT2D eigenvalue weighted by Gasteiger charge is -2.35. The SMILES string of the molecule is CCCC#CC1(C(F)(F)F)OC(=O)Nc2ccc([N+](=O)[O-])cc21. The van der Waals surface area contributed by atoms with Gasteiger partial charge in [0.05, 0.1) is 10.6 Å². The topological polar surface area (TPSA) is 81.5 Å². The molecule has 1 unspecified atom stereocenters. The van der Waals surface area contributed by atoms with Crippen LogP contribution in [0, 0.1) is 22.0 Å². The van der Waals surface area contributed by atoms with E-state index in [0.29, 0.717) is 12.5 Å². The van der Waals surface area contributed by atoms with Crippen LogP contribution >= 0.6 is 0 Å². The maximum absolute atomic E-state index is 13.6. The van der Waals surface area contributed by atoms with E-state index in [2.05, 4.69) is 16.0 Å². The smallest absolute Gasteiger partial charge is 0.415 e. The molecule has 1 heterocycles. The number of fused-ring (bicyclic) bond motifs is 1. The number of carbonyl (C=O) groups excluding carboxylic acids is 1. The highest BCUT2D eigenvalue weighted by Crippen LogP contribution is 2.48. The van der Waals surface area contributed by atoms with E-state index in [1.807, 2.05) is 5.92 Å². The molecule has 0 aromatic heterocycles. The zero-order valence-corrected chi connectivity index (χ0v) is 11.9. The van der Waals surface area contributed by atoms with Gasteiger partial charge in [0.15, 0.2) is 0 Å². The Labute approximate surface area is 128 Å². The highest BCUT2D eigenvalue weighted by Gasteiger charge is 2.62. The molecule has 1 aliphatic heterocycles. The lowest BCUT2D eigenvalue weighted by Crippen LogP contribution is -2.49. The number of halogens is 3. The monoisotopic (exact) mass is 328 g/mol. The average Bonchev–Trinajstić information content (AvgIpc) is 2.45. The molecule has 6 nitrogen and oxygen atoms in total. The summed E-state index contributed by atoms with van der Waals surface area (Å²) in [6, 6.07) is 2.73. The summed E-state index contributed by atoms with van der Waals surface area (Å²) in [4.78, 5) is 21.5. The maximum atomic E-state index is 13.6. The Bertz CT molecular complexity index is 721. The zero-order valence-electron chi connectivity index (χ0n) is 11.9. The Morgan fingerprint density at radius 1 is 1.43 bits per heavy atom. The first-order chi connectivity index (χ1) is 10.7. The van der Waals surface area contributed by atoms with Crippen LogP contribution in [0.2, 0.25) is 0 Å². The van der Waals surface area contributed by atoms with Gasteiger partial charge in [0.1, 0.15) is 0 Å². The van der Waals surface area contributed by atoms with Gasteiger partial charge in [0.25, 0.3) is 11.3 Å². The molecule has 0 aliphatic carbocycles. The van der Waals surface area contributed by atoms with E-state index in [9.17, 15) is 28.1 Å². The Balaban J connectivity index is 2.73. The number of amides is 1. The number of nitrogens with zero attached hydrogens (tertiary/aromatic N) is 1. The van der Waals surface area contributed by atoms with Gasteiger partial charge in [0, 0.05) is 24.1 Å². The molecule has 2 rings (SSSR count). The summed E-state index contributed by atoms with van der Waals surface area (Å²) in [6.45, 7) is 1.72. The van der Waals surface area contributed by atoms with Gasteiger partial charge in [-0.2, -0.15) is 13.2 Å². The van der Waals surface area contributed by atoms with Crippen molar-refractivity contribution in [3.05, 3.63) is 33.9 Å². The minimum absolute atomic E-state index is 0.160. The van der Waals surface area contributed by atoms with Crippen molar-refractivity contribution < 1.29 is 27.6 Å². The third-order valence-electron chi connectivity index (χ3n) is 3.11. The zero-order chi connectivity index (χ0) is 17.3. The fraction of sp³-hybridized carbons (Fsp3) is 0.357. The Morgan fingerprint density at radius 3 is 2.70 bits per heavy atom. The molecule has 122 valence electrons. The van der Waals surface area contributed by atoms with Crippen LogP contribution in [0.15, 0.2) is 18.2 Å². The van der Waals surface area contributed by atoms with Crippen molar-refractivity contribution in [3.63, 3.8) is 0 Å². The van der Waals surface area contributed by atoms with Crippen molar-refractivity contribution in [2.45, 2.75) is 31.5 Å². The van der Waals surface area contributed by atoms with Crippen LogP contribution in [-0.4, -0.2) is 17.2 Å². The maximum Gasteiger partial charge on any atom is 0.445 e. The van der Waals surface area contributed by atoms with Crippen molar-refractivity contribution in [1.29, 1.82) is 0 Å². The van der Waals surface area contributed by atoms with Gasteiger partial charge in [-0.25, -0.2) is 4.79 Å². The van der Waals surface area contributed by atoms with Gasteiger partial charge in [-0.05, 0) is 18.4 Å². The molecular formula is C14H11F3N2O4. The molecule has 0 bridgehead atoms. The lowest BCUT2D eigenvalue weighted by molar-refractivity contribution is -0.385. The predicted octanol–water partition coefficient (Wildman–Crippen LogP) is 3.72. The van der Waals surface area contributed by atoms with Crippen molar-refractivity contribution in [2.75, 3.05) is 5.32 Å². The van der Waals surface area contributed by atoms with Gasteiger partial charge in [-0.15, -0.1) is 0 Å². The van der Waals surface area contributed by atoms with Gasteiger partial charge in [0.2, 0.25) is 0 Å². The molecule has 0 fully saturated rings. The minimum atomic E-state index is -5.06. The van der Waals surface area contributed by atoms with E-state index in [1.54, 1.807) is 6.92 Å². The minimum Gasteiger partial charge on any atom is -0.415 e. The van der Waals surface area contributed by atoms with Crippen LogP contribution in [0.3, 0.4) is 0 Å². The van der Waals surface area contributed by atoms with Crippen molar-refractivity contribution >= 4 is 17.5 Å². The second-order valence-corrected chi connectivity index (χ2v) is 4.73. The number of benzene rings is 1.